The number of methoxy groups -OCH3 is 1. The highest BCUT2D eigenvalue weighted by Gasteiger charge is 2.26. The van der Waals surface area contributed by atoms with Crippen LogP contribution in [0.1, 0.15) is 60.9 Å². The molecule has 1 aromatic heterocycles. The molecule has 1 amide bonds. The number of carbonyl (C=O) groups is 1. The number of ether oxygens (including phenoxy) is 1. The molecule has 7 heteroatoms. The van der Waals surface area contributed by atoms with Gasteiger partial charge in [0.2, 0.25) is 0 Å². The van der Waals surface area contributed by atoms with Gasteiger partial charge in [-0.1, -0.05) is 37.1 Å². The number of halogens is 1. The van der Waals surface area contributed by atoms with E-state index in [4.69, 9.17) is 21.3 Å². The maximum Gasteiger partial charge on any atom is 0.261 e. The fraction of sp³-hybridized carbons (Fsp3) is 0.423. The van der Waals surface area contributed by atoms with Crippen LogP contribution >= 0.6 is 11.6 Å². The standard InChI is InChI=1S/C26H32ClN3O3/c1-5-6-8-19-9-11-20(12-10-19)25(31)30(15-7-16-33-4)18(2)24-28-23-17-21(27)13-14-22(23)26(32)29(24)3/h9-14,17-18H,5-8,15-16H2,1-4H3. The average Bonchev–Trinajstić information content (AvgIpc) is 2.82. The Morgan fingerprint density at radius 1 is 1.18 bits per heavy atom. The minimum absolute atomic E-state index is 0.0962. The molecule has 0 aliphatic rings. The second-order valence-electron chi connectivity index (χ2n) is 8.32. The van der Waals surface area contributed by atoms with Crippen LogP contribution in [0.5, 0.6) is 0 Å². The summed E-state index contributed by atoms with van der Waals surface area (Å²) in [5.41, 5.74) is 2.20. The van der Waals surface area contributed by atoms with E-state index < -0.39 is 6.04 Å². The van der Waals surface area contributed by atoms with E-state index in [9.17, 15) is 9.59 Å². The monoisotopic (exact) mass is 469 g/mol. The Morgan fingerprint density at radius 2 is 1.91 bits per heavy atom. The summed E-state index contributed by atoms with van der Waals surface area (Å²) in [4.78, 5) is 33.0. The van der Waals surface area contributed by atoms with Gasteiger partial charge in [0.05, 0.1) is 16.9 Å². The molecule has 3 rings (SSSR count). The lowest BCUT2D eigenvalue weighted by Crippen LogP contribution is -2.38. The number of aromatic nitrogens is 2. The van der Waals surface area contributed by atoms with Gasteiger partial charge in [-0.3, -0.25) is 14.2 Å². The Bertz CT molecular complexity index is 1160. The molecular formula is C26H32ClN3O3. The van der Waals surface area contributed by atoms with Crippen LogP contribution in [-0.4, -0.2) is 40.6 Å². The molecule has 0 spiro atoms. The molecule has 0 fully saturated rings. The summed E-state index contributed by atoms with van der Waals surface area (Å²) in [5.74, 6) is 0.418. The van der Waals surface area contributed by atoms with Crippen molar-refractivity contribution in [2.45, 2.75) is 45.6 Å². The highest BCUT2D eigenvalue weighted by atomic mass is 35.5. The van der Waals surface area contributed by atoms with Crippen molar-refractivity contribution in [2.24, 2.45) is 7.05 Å². The topological polar surface area (TPSA) is 64.4 Å². The van der Waals surface area contributed by atoms with Crippen LogP contribution in [-0.2, 0) is 18.2 Å². The van der Waals surface area contributed by atoms with Crippen molar-refractivity contribution in [1.82, 2.24) is 14.5 Å². The van der Waals surface area contributed by atoms with Crippen molar-refractivity contribution in [3.05, 3.63) is 74.8 Å². The van der Waals surface area contributed by atoms with Gasteiger partial charge in [0.1, 0.15) is 5.82 Å². The highest BCUT2D eigenvalue weighted by Crippen LogP contribution is 2.23. The lowest BCUT2D eigenvalue weighted by Gasteiger charge is -2.30. The van der Waals surface area contributed by atoms with E-state index in [1.807, 2.05) is 31.2 Å². The predicted molar refractivity (Wildman–Crippen MR) is 133 cm³/mol. The van der Waals surface area contributed by atoms with Crippen LogP contribution in [0.2, 0.25) is 5.02 Å². The van der Waals surface area contributed by atoms with E-state index in [-0.39, 0.29) is 11.5 Å². The molecule has 33 heavy (non-hydrogen) atoms. The molecule has 176 valence electrons. The van der Waals surface area contributed by atoms with Crippen molar-refractivity contribution >= 4 is 28.4 Å². The Balaban J connectivity index is 1.97. The molecule has 1 heterocycles. The number of fused-ring (bicyclic) bond motifs is 1. The van der Waals surface area contributed by atoms with E-state index in [1.54, 1.807) is 37.3 Å². The van der Waals surface area contributed by atoms with Crippen LogP contribution in [0.25, 0.3) is 10.9 Å². The quantitative estimate of drug-likeness (QED) is 0.384. The number of hydrogen-bond acceptors (Lipinski definition) is 4. The number of hydrogen-bond donors (Lipinski definition) is 0. The van der Waals surface area contributed by atoms with Crippen LogP contribution in [0.3, 0.4) is 0 Å². The zero-order valence-corrected chi connectivity index (χ0v) is 20.6. The van der Waals surface area contributed by atoms with E-state index in [2.05, 4.69) is 6.92 Å². The number of amides is 1. The summed E-state index contributed by atoms with van der Waals surface area (Å²) < 4.78 is 6.73. The van der Waals surface area contributed by atoms with Gasteiger partial charge in [-0.05, 0) is 62.1 Å². The van der Waals surface area contributed by atoms with Gasteiger partial charge in [0, 0.05) is 37.9 Å². The average molecular weight is 470 g/mol. The maximum absolute atomic E-state index is 13.5. The molecule has 0 saturated carbocycles. The van der Waals surface area contributed by atoms with Gasteiger partial charge in [-0.25, -0.2) is 4.98 Å². The molecule has 6 nitrogen and oxygen atoms in total. The largest absolute Gasteiger partial charge is 0.385 e. The van der Waals surface area contributed by atoms with Crippen molar-refractivity contribution < 1.29 is 9.53 Å². The first kappa shape index (κ1) is 24.9. The van der Waals surface area contributed by atoms with Crippen molar-refractivity contribution in [2.75, 3.05) is 20.3 Å². The fourth-order valence-electron chi connectivity index (χ4n) is 3.99. The summed E-state index contributed by atoms with van der Waals surface area (Å²) >= 11 is 6.14. The lowest BCUT2D eigenvalue weighted by molar-refractivity contribution is 0.0656. The third-order valence-corrected chi connectivity index (χ3v) is 6.18. The van der Waals surface area contributed by atoms with Gasteiger partial charge in [0.25, 0.3) is 11.5 Å². The van der Waals surface area contributed by atoms with E-state index in [0.717, 1.165) is 19.3 Å². The lowest BCUT2D eigenvalue weighted by atomic mass is 10.0. The van der Waals surface area contributed by atoms with E-state index in [1.165, 1.54) is 10.1 Å². The van der Waals surface area contributed by atoms with E-state index >= 15 is 0 Å². The first-order valence-electron chi connectivity index (χ1n) is 11.4. The number of aryl methyl sites for hydroxylation is 1. The number of nitrogens with zero attached hydrogens (tertiary/aromatic N) is 3. The molecule has 0 aliphatic heterocycles. The van der Waals surface area contributed by atoms with Crippen molar-refractivity contribution in [1.29, 1.82) is 0 Å². The summed E-state index contributed by atoms with van der Waals surface area (Å²) in [5, 5.41) is 1.01. The summed E-state index contributed by atoms with van der Waals surface area (Å²) in [6.45, 7) is 5.08. The third kappa shape index (κ3) is 5.81. The van der Waals surface area contributed by atoms with E-state index in [0.29, 0.717) is 46.9 Å². The number of carbonyl (C=O) groups excluding carboxylic acids is 1. The number of rotatable bonds is 10. The number of benzene rings is 2. The highest BCUT2D eigenvalue weighted by molar-refractivity contribution is 6.31. The van der Waals surface area contributed by atoms with Crippen LogP contribution in [0.15, 0.2) is 47.3 Å². The maximum atomic E-state index is 13.5. The first-order valence-corrected chi connectivity index (χ1v) is 11.8. The van der Waals surface area contributed by atoms with Crippen LogP contribution < -0.4 is 5.56 Å². The molecule has 0 N–H and O–H groups in total. The normalized spacial score (nSPS) is 12.2. The summed E-state index contributed by atoms with van der Waals surface area (Å²) in [7, 11) is 3.33. The molecule has 0 aliphatic carbocycles. The second kappa shape index (κ2) is 11.4. The Morgan fingerprint density at radius 3 is 2.58 bits per heavy atom. The Labute approximate surface area is 200 Å². The minimum atomic E-state index is -0.421. The number of unbranched alkanes of at least 4 members (excludes halogenated alkanes) is 1. The Kier molecular flexibility index (Phi) is 8.64. The molecule has 0 saturated heterocycles. The van der Waals surface area contributed by atoms with Crippen LogP contribution in [0, 0.1) is 0 Å². The Hall–Kier alpha value is -2.70. The fourth-order valence-corrected chi connectivity index (χ4v) is 4.15. The van der Waals surface area contributed by atoms with Gasteiger partial charge >= 0.3 is 0 Å². The molecule has 0 radical (unpaired) electrons. The van der Waals surface area contributed by atoms with Crippen molar-refractivity contribution in [3.8, 4) is 0 Å². The van der Waals surface area contributed by atoms with Gasteiger partial charge in [-0.15, -0.1) is 0 Å². The first-order chi connectivity index (χ1) is 15.9. The smallest absolute Gasteiger partial charge is 0.261 e. The second-order valence-corrected chi connectivity index (χ2v) is 8.75. The zero-order chi connectivity index (χ0) is 24.0. The van der Waals surface area contributed by atoms with Gasteiger partial charge in [0.15, 0.2) is 0 Å². The molecule has 0 bridgehead atoms. The predicted octanol–water partition coefficient (Wildman–Crippen LogP) is 5.17. The summed E-state index contributed by atoms with van der Waals surface area (Å²) in [6, 6.07) is 12.4. The van der Waals surface area contributed by atoms with Gasteiger partial charge in [-0.2, -0.15) is 0 Å². The van der Waals surface area contributed by atoms with Gasteiger partial charge < -0.3 is 9.64 Å². The zero-order valence-electron chi connectivity index (χ0n) is 19.8. The third-order valence-electron chi connectivity index (χ3n) is 5.94. The molecular weight excluding hydrogens is 438 g/mol. The molecule has 1 unspecified atom stereocenters. The molecule has 1 atom stereocenters. The van der Waals surface area contributed by atoms with Crippen LogP contribution in [0.4, 0.5) is 0 Å². The SMILES string of the molecule is CCCCc1ccc(C(=O)N(CCCOC)C(C)c2nc3cc(Cl)ccc3c(=O)n2C)cc1. The minimum Gasteiger partial charge on any atom is -0.385 e. The molecule has 3 aromatic rings. The molecule has 2 aromatic carbocycles. The summed E-state index contributed by atoms with van der Waals surface area (Å²) in [6.07, 6.45) is 3.94. The van der Waals surface area contributed by atoms with Crippen molar-refractivity contribution in [3.63, 3.8) is 0 Å².